The van der Waals surface area contributed by atoms with Crippen LogP contribution in [0.5, 0.6) is 0 Å². The molecule has 0 aliphatic heterocycles. The quantitative estimate of drug-likeness (QED) is 0.0205. The average Bonchev–Trinajstić information content (AvgIpc) is 3.36. The molecule has 0 aromatic heterocycles. The summed E-state index contributed by atoms with van der Waals surface area (Å²) in [4.78, 5) is 37.7. The molecule has 0 saturated carbocycles. The molecule has 0 heterocycles. The molecule has 0 radical (unpaired) electrons. The Labute approximate surface area is 456 Å². The fourth-order valence-electron chi connectivity index (χ4n) is 8.37. The highest BCUT2D eigenvalue weighted by atomic mass is 31.2. The summed E-state index contributed by atoms with van der Waals surface area (Å²) in [5.74, 6) is -0.536. The van der Waals surface area contributed by atoms with E-state index in [4.69, 9.17) is 13.8 Å². The minimum atomic E-state index is -4.46. The smallest absolute Gasteiger partial charge is 0.456 e. The Morgan fingerprint density at radius 2 is 0.865 bits per heavy atom. The molecule has 0 aromatic rings. The van der Waals surface area contributed by atoms with E-state index in [1.807, 2.05) is 33.3 Å². The molecule has 0 rings (SSSR count). The van der Waals surface area contributed by atoms with Crippen LogP contribution in [0.1, 0.15) is 258 Å². The molecule has 0 aliphatic rings. The summed E-state index contributed by atoms with van der Waals surface area (Å²) >= 11 is 0. The molecule has 0 aliphatic carbocycles. The minimum absolute atomic E-state index is 0.0317. The minimum Gasteiger partial charge on any atom is -0.456 e. The fourth-order valence-corrected chi connectivity index (χ4v) is 9.11. The van der Waals surface area contributed by atoms with Crippen molar-refractivity contribution in [1.29, 1.82) is 0 Å². The summed E-state index contributed by atoms with van der Waals surface area (Å²) in [6.07, 6.45) is 70.0. The van der Waals surface area contributed by atoms with Crippen LogP contribution in [0.15, 0.2) is 85.1 Å². The lowest BCUT2D eigenvalue weighted by atomic mass is 10.0. The summed E-state index contributed by atoms with van der Waals surface area (Å²) in [6, 6.07) is -0.865. The number of carbonyl (C=O) groups is 2. The molecular formula is C64H116N2O7P+. The second-order valence-corrected chi connectivity index (χ2v) is 22.9. The monoisotopic (exact) mass is 1060 g/mol. The average molecular weight is 1060 g/mol. The number of hydrogen-bond donors (Lipinski definition) is 2. The molecule has 428 valence electrons. The number of nitrogens with one attached hydrogen (secondary N) is 1. The SMILES string of the molecule is CC/C=C/C/C=C/C/C=C/CCCCCCCCC(=O)NC(COP(=O)(O)OCC[N+](C)(C)C)C(/C=C/CCCCCCCCCCCCC)OC(=O)CCCCCCCC/C=C\C/C=C\C/C=C\CCCCC. The van der Waals surface area contributed by atoms with Crippen LogP contribution in [0.25, 0.3) is 0 Å². The maximum absolute atomic E-state index is 13.5. The number of phosphoric ester groups is 1. The topological polar surface area (TPSA) is 111 Å². The van der Waals surface area contributed by atoms with Gasteiger partial charge in [0, 0.05) is 12.8 Å². The van der Waals surface area contributed by atoms with Crippen LogP contribution in [-0.4, -0.2) is 74.3 Å². The Kier molecular flexibility index (Phi) is 51.5. The van der Waals surface area contributed by atoms with Gasteiger partial charge in [0.1, 0.15) is 19.3 Å². The lowest BCUT2D eigenvalue weighted by Gasteiger charge is -2.27. The van der Waals surface area contributed by atoms with Gasteiger partial charge in [-0.15, -0.1) is 0 Å². The van der Waals surface area contributed by atoms with E-state index in [0.29, 0.717) is 17.4 Å². The second kappa shape index (κ2) is 53.6. The Hall–Kier alpha value is -2.81. The van der Waals surface area contributed by atoms with Crippen LogP contribution in [0.3, 0.4) is 0 Å². The van der Waals surface area contributed by atoms with E-state index in [1.54, 1.807) is 0 Å². The maximum atomic E-state index is 13.5. The van der Waals surface area contributed by atoms with Crippen LogP contribution in [0, 0.1) is 0 Å². The van der Waals surface area contributed by atoms with Crippen molar-refractivity contribution in [2.75, 3.05) is 40.9 Å². The molecule has 0 fully saturated rings. The van der Waals surface area contributed by atoms with Gasteiger partial charge in [0.25, 0.3) is 0 Å². The normalized spacial score (nSPS) is 14.3. The van der Waals surface area contributed by atoms with E-state index in [2.05, 4.69) is 99.0 Å². The maximum Gasteiger partial charge on any atom is 0.472 e. The van der Waals surface area contributed by atoms with Gasteiger partial charge in [0.15, 0.2) is 0 Å². The largest absolute Gasteiger partial charge is 0.472 e. The van der Waals surface area contributed by atoms with Crippen LogP contribution >= 0.6 is 7.82 Å². The van der Waals surface area contributed by atoms with Crippen molar-refractivity contribution in [3.05, 3.63) is 85.1 Å². The third-order valence-electron chi connectivity index (χ3n) is 13.1. The van der Waals surface area contributed by atoms with Gasteiger partial charge in [-0.3, -0.25) is 18.6 Å². The van der Waals surface area contributed by atoms with Crippen molar-refractivity contribution in [2.45, 2.75) is 270 Å². The molecule has 0 saturated heterocycles. The van der Waals surface area contributed by atoms with Crippen LogP contribution in [0.4, 0.5) is 0 Å². The zero-order chi connectivity index (χ0) is 54.3. The number of rotatable bonds is 54. The van der Waals surface area contributed by atoms with E-state index in [0.717, 1.165) is 122 Å². The Morgan fingerprint density at radius 1 is 0.486 bits per heavy atom. The summed E-state index contributed by atoms with van der Waals surface area (Å²) in [5, 5.41) is 3.04. The predicted octanol–water partition coefficient (Wildman–Crippen LogP) is 18.6. The molecule has 74 heavy (non-hydrogen) atoms. The zero-order valence-electron chi connectivity index (χ0n) is 48.8. The number of unbranched alkanes of at least 4 members (excludes halogenated alkanes) is 26. The number of phosphoric acid groups is 1. The number of ether oxygens (including phenoxy) is 1. The predicted molar refractivity (Wildman–Crippen MR) is 318 cm³/mol. The number of amides is 1. The number of carbonyl (C=O) groups excluding carboxylic acids is 2. The first-order valence-electron chi connectivity index (χ1n) is 30.4. The van der Waals surface area contributed by atoms with Gasteiger partial charge in [-0.05, 0) is 102 Å². The first-order valence-corrected chi connectivity index (χ1v) is 31.9. The second-order valence-electron chi connectivity index (χ2n) is 21.5. The Bertz CT molecular complexity index is 1540. The highest BCUT2D eigenvalue weighted by Crippen LogP contribution is 2.43. The van der Waals surface area contributed by atoms with Crippen molar-refractivity contribution >= 4 is 19.7 Å². The van der Waals surface area contributed by atoms with Crippen LogP contribution in [-0.2, 0) is 27.9 Å². The van der Waals surface area contributed by atoms with Gasteiger partial charge >= 0.3 is 13.8 Å². The van der Waals surface area contributed by atoms with E-state index in [-0.39, 0.29) is 31.5 Å². The fraction of sp³-hybridized carbons (Fsp3) is 0.750. The molecule has 9 nitrogen and oxygen atoms in total. The van der Waals surface area contributed by atoms with Crippen molar-refractivity contribution < 1.29 is 37.3 Å². The molecular weight excluding hydrogens is 940 g/mol. The third kappa shape index (κ3) is 54.0. The van der Waals surface area contributed by atoms with E-state index in [1.165, 1.54) is 103 Å². The van der Waals surface area contributed by atoms with E-state index in [9.17, 15) is 19.0 Å². The van der Waals surface area contributed by atoms with Crippen molar-refractivity contribution in [2.24, 2.45) is 0 Å². The summed E-state index contributed by atoms with van der Waals surface area (Å²) in [5.41, 5.74) is 0. The molecule has 3 atom stereocenters. The number of likely N-dealkylation sites (N-methyl/N-ethyl adjacent to an activating group) is 1. The summed E-state index contributed by atoms with van der Waals surface area (Å²) in [6.45, 7) is 6.85. The first-order chi connectivity index (χ1) is 35.9. The van der Waals surface area contributed by atoms with Gasteiger partial charge < -0.3 is 19.4 Å². The summed E-state index contributed by atoms with van der Waals surface area (Å²) in [7, 11) is 1.47. The van der Waals surface area contributed by atoms with Crippen molar-refractivity contribution in [3.63, 3.8) is 0 Å². The van der Waals surface area contributed by atoms with Crippen molar-refractivity contribution in [1.82, 2.24) is 5.32 Å². The Balaban J connectivity index is 5.36. The Morgan fingerprint density at radius 3 is 1.32 bits per heavy atom. The van der Waals surface area contributed by atoms with Gasteiger partial charge in [0.05, 0.1) is 33.8 Å². The molecule has 1 amide bonds. The first kappa shape index (κ1) is 71.2. The third-order valence-corrected chi connectivity index (χ3v) is 14.1. The van der Waals surface area contributed by atoms with Gasteiger partial charge in [-0.2, -0.15) is 0 Å². The molecule has 3 unspecified atom stereocenters. The van der Waals surface area contributed by atoms with Gasteiger partial charge in [-0.25, -0.2) is 4.57 Å². The summed E-state index contributed by atoms with van der Waals surface area (Å²) < 4.78 is 30.7. The molecule has 0 bridgehead atoms. The number of hydrogen-bond acceptors (Lipinski definition) is 6. The van der Waals surface area contributed by atoms with Gasteiger partial charge in [-0.1, -0.05) is 228 Å². The number of esters is 1. The lowest BCUT2D eigenvalue weighted by Crippen LogP contribution is -2.47. The standard InChI is InChI=1S/C64H115N2O7P/c1-7-10-13-16-19-22-25-28-30-32-33-34-36-39-42-45-48-51-54-57-64(68)73-62(55-52-49-46-43-40-37-27-24-21-18-15-12-9-3)61(60-72-74(69,70)71-59-58-66(4,5)6)65-63(67)56-53-50-47-44-41-38-35-31-29-26-23-20-17-14-11-8-2/h11,14,19-20,22-23,28-31,33-34,52,55,61-62H,7-10,12-13,15-18,21,24-27,32,35-51,53-54,56-60H2,1-6H3,(H-,65,67,69,70)/p+1/b14-11+,22-19-,23-20+,30-28-,31-29+,34-33-,55-52+. The van der Waals surface area contributed by atoms with Crippen molar-refractivity contribution in [3.8, 4) is 0 Å². The molecule has 2 N–H and O–H groups in total. The van der Waals surface area contributed by atoms with Gasteiger partial charge in [0.2, 0.25) is 5.91 Å². The number of quaternary nitrogens is 1. The van der Waals surface area contributed by atoms with E-state index >= 15 is 0 Å². The molecule has 0 aromatic carbocycles. The highest BCUT2D eigenvalue weighted by molar-refractivity contribution is 7.47. The van der Waals surface area contributed by atoms with Crippen LogP contribution < -0.4 is 5.32 Å². The van der Waals surface area contributed by atoms with E-state index < -0.39 is 20.0 Å². The number of allylic oxidation sites excluding steroid dienone is 13. The van der Waals surface area contributed by atoms with Crippen LogP contribution in [0.2, 0.25) is 0 Å². The highest BCUT2D eigenvalue weighted by Gasteiger charge is 2.30. The lowest BCUT2D eigenvalue weighted by molar-refractivity contribution is -0.870. The molecule has 0 spiro atoms. The molecule has 10 heteroatoms. The zero-order valence-corrected chi connectivity index (χ0v) is 49.7. The number of nitrogens with zero attached hydrogens (tertiary/aromatic N) is 1.